The molecule has 0 saturated heterocycles. The highest BCUT2D eigenvalue weighted by Gasteiger charge is 2.29. The summed E-state index contributed by atoms with van der Waals surface area (Å²) < 4.78 is 60.0. The van der Waals surface area contributed by atoms with Crippen LogP contribution in [0.4, 0.5) is 4.79 Å². The molecule has 0 aromatic carbocycles. The smallest absolute Gasteiger partial charge is 0.389 e. The van der Waals surface area contributed by atoms with Gasteiger partial charge in [-0.3, -0.25) is 39.4 Å². The van der Waals surface area contributed by atoms with Gasteiger partial charge < -0.3 is 60.5 Å². The van der Waals surface area contributed by atoms with Crippen LogP contribution in [0.5, 0.6) is 0 Å². The summed E-state index contributed by atoms with van der Waals surface area (Å²) in [6.45, 7) is 11.6. The first-order valence-corrected chi connectivity index (χ1v) is 47.9. The summed E-state index contributed by atoms with van der Waals surface area (Å²) in [4.78, 5) is 34.3. The Labute approximate surface area is 660 Å². The molecule has 0 aliphatic rings. The number of carbonyl (C=O) groups is 1. The summed E-state index contributed by atoms with van der Waals surface area (Å²) in [7, 11) is -9.47. The van der Waals surface area contributed by atoms with Crippen molar-refractivity contribution in [1.29, 1.82) is 0 Å². The Morgan fingerprint density at radius 1 is 0.278 bits per heavy atom. The van der Waals surface area contributed by atoms with E-state index in [-0.39, 0.29) is 38.4 Å². The number of phosphoric ester groups is 2. The van der Waals surface area contributed by atoms with Gasteiger partial charge in [0.05, 0.1) is 63.9 Å². The second-order valence-electron chi connectivity index (χ2n) is 31.2. The molecule has 23 nitrogen and oxygen atoms in total. The van der Waals surface area contributed by atoms with Crippen LogP contribution in [0.15, 0.2) is 0 Å². The Kier molecular flexibility index (Phi) is 77.8. The van der Waals surface area contributed by atoms with E-state index in [2.05, 4.69) is 73.4 Å². The zero-order valence-corrected chi connectivity index (χ0v) is 71.9. The third-order valence-corrected chi connectivity index (χ3v) is 22.6. The van der Waals surface area contributed by atoms with Gasteiger partial charge in [-0.2, -0.15) is 0 Å². The van der Waals surface area contributed by atoms with Crippen molar-refractivity contribution in [2.24, 2.45) is 0 Å². The molecule has 2 amide bonds. The molecule has 648 valence electrons. The fraction of sp³-hybridized carbons (Fsp3) is 0.988. The molecule has 14 N–H and O–H groups in total. The fourth-order valence-electron chi connectivity index (χ4n) is 13.7. The van der Waals surface area contributed by atoms with Gasteiger partial charge in [-0.15, -0.1) is 0 Å². The van der Waals surface area contributed by atoms with Crippen LogP contribution in [0.1, 0.15) is 401 Å². The van der Waals surface area contributed by atoms with Crippen LogP contribution < -0.4 is 31.9 Å². The summed E-state index contributed by atoms with van der Waals surface area (Å²) in [6, 6.07) is -2.40. The van der Waals surface area contributed by atoms with Crippen molar-refractivity contribution < 1.29 is 81.9 Å². The van der Waals surface area contributed by atoms with Gasteiger partial charge in [0.2, 0.25) is 0 Å². The predicted octanol–water partition coefficient (Wildman–Crippen LogP) is 18.4. The highest BCUT2D eigenvalue weighted by atomic mass is 31.2. The number of hydrogen-bond donors (Lipinski definition) is 14. The molecule has 25 heteroatoms. The standard InChI is InChI=1S/C83H174N6O17P2/c1-7-13-19-25-29-33-37-39-45-51-57-77(90)81(94)88-75(69-101-65-61-73(55-49-43-23-17-11-5)86-79(92)59-53-47-41-35-31-27-21-15-9-3)71-105-107(97,98)103-67-63-84-83(96)85-64-68-104-108(99,100)106-72-76(89-82(95)78(91)58-52-46-40-38-34-30-26-20-14-8-2)70-102-66-62-74(56-50-44-24-18-12-6)87-80(93)60-54-48-42-36-32-28-22-16-10-4/h73-82,86-95H,7-72H2,1-6H3,(H,97,98)(H,99,100)(H2,84,85,96)/t73-,74+,75?,76?,77?,78?,79?,80?,81?,82?. The topological polar surface area (TPSA) is 341 Å². The van der Waals surface area contributed by atoms with Crippen LogP contribution in [-0.2, 0) is 36.7 Å². The molecule has 0 fully saturated rings. The van der Waals surface area contributed by atoms with Crippen LogP contribution in [0, 0.1) is 0 Å². The minimum absolute atomic E-state index is 0.00552. The second kappa shape index (κ2) is 78.5. The first-order valence-electron chi connectivity index (χ1n) is 44.9. The number of ether oxygens (including phenoxy) is 2. The molecule has 0 spiro atoms. The van der Waals surface area contributed by atoms with Crippen molar-refractivity contribution in [3.8, 4) is 0 Å². The molecular weight excluding hydrogens is 1410 g/mol. The molecule has 12 atom stereocenters. The summed E-state index contributed by atoms with van der Waals surface area (Å²) >= 11 is 0. The van der Waals surface area contributed by atoms with E-state index >= 15 is 0 Å². The van der Waals surface area contributed by atoms with Gasteiger partial charge in [0.1, 0.15) is 24.9 Å². The lowest BCUT2D eigenvalue weighted by molar-refractivity contribution is -0.0293. The fourth-order valence-corrected chi connectivity index (χ4v) is 15.2. The molecule has 0 aromatic heterocycles. The van der Waals surface area contributed by atoms with Crippen molar-refractivity contribution in [2.45, 2.75) is 462 Å². The van der Waals surface area contributed by atoms with Gasteiger partial charge in [-0.05, 0) is 64.2 Å². The number of carbonyl (C=O) groups excluding carboxylic acids is 1. The van der Waals surface area contributed by atoms with Gasteiger partial charge in [0.15, 0.2) is 0 Å². The molecule has 0 aromatic rings. The zero-order chi connectivity index (χ0) is 79.5. The normalized spacial score (nSPS) is 16.0. The molecule has 10 unspecified atom stereocenters. The Bertz CT molecular complexity index is 1860. The minimum Gasteiger partial charge on any atom is -0.389 e. The maximum Gasteiger partial charge on any atom is 0.472 e. The van der Waals surface area contributed by atoms with Crippen LogP contribution in [0.2, 0.25) is 0 Å². The molecule has 0 aliphatic carbocycles. The van der Waals surface area contributed by atoms with Gasteiger partial charge in [0, 0.05) is 38.4 Å². The number of unbranched alkanes of at least 4 members (excludes halogenated alkanes) is 42. The lowest BCUT2D eigenvalue weighted by Gasteiger charge is -2.27. The average Bonchev–Trinajstić information content (AvgIpc) is 0.901. The Balaban J connectivity index is 5.68. The van der Waals surface area contributed by atoms with E-state index in [0.29, 0.717) is 51.7 Å². The van der Waals surface area contributed by atoms with Crippen molar-refractivity contribution in [3.05, 3.63) is 0 Å². The molecule has 0 bridgehead atoms. The zero-order valence-electron chi connectivity index (χ0n) is 70.1. The van der Waals surface area contributed by atoms with Crippen LogP contribution >= 0.6 is 15.6 Å². The van der Waals surface area contributed by atoms with Crippen LogP contribution in [-0.4, -0.2) is 174 Å². The first kappa shape index (κ1) is 107. The third kappa shape index (κ3) is 72.7. The van der Waals surface area contributed by atoms with Crippen molar-refractivity contribution in [2.75, 3.05) is 65.9 Å². The van der Waals surface area contributed by atoms with E-state index in [1.165, 1.54) is 180 Å². The predicted molar refractivity (Wildman–Crippen MR) is 443 cm³/mol. The summed E-state index contributed by atoms with van der Waals surface area (Å²) in [6.07, 6.45) is 54.3. The molecule has 0 rings (SSSR count). The Morgan fingerprint density at radius 2 is 0.519 bits per heavy atom. The van der Waals surface area contributed by atoms with E-state index in [9.17, 15) is 54.4 Å². The summed E-state index contributed by atoms with van der Waals surface area (Å²) in [5, 5.41) is 84.3. The number of rotatable bonds is 88. The number of phosphoric acid groups is 2. The molecule has 0 aliphatic heterocycles. The lowest BCUT2D eigenvalue weighted by atomic mass is 10.0. The molecule has 0 heterocycles. The quantitative estimate of drug-likeness (QED) is 0.0153. The summed E-state index contributed by atoms with van der Waals surface area (Å²) in [5.74, 6) is 0. The van der Waals surface area contributed by atoms with Crippen molar-refractivity contribution >= 4 is 21.7 Å². The largest absolute Gasteiger partial charge is 0.472 e. The molecule has 0 saturated carbocycles. The van der Waals surface area contributed by atoms with Crippen molar-refractivity contribution in [3.63, 3.8) is 0 Å². The van der Waals surface area contributed by atoms with Gasteiger partial charge in [-0.25, -0.2) is 13.9 Å². The first-order chi connectivity index (χ1) is 52.3. The SMILES string of the molecule is CCCCCCCCCCCCC(O)C(O)NC(COCC[C@@H](CCCCCCC)NC(O)CCCCCCCCCCC)COP(=O)(O)OCCNC(=O)NCCOP(=O)(O)OCC(COCC[C@H](CCCCCCC)NC(O)CCCCCCCCCCC)NC(O)C(O)CCCCCCCCCCCC. The number of aliphatic hydroxyl groups is 6. The Morgan fingerprint density at radius 3 is 0.787 bits per heavy atom. The van der Waals surface area contributed by atoms with E-state index in [1.807, 2.05) is 0 Å². The van der Waals surface area contributed by atoms with Gasteiger partial charge in [-0.1, -0.05) is 337 Å². The average molecular weight is 1590 g/mol. The third-order valence-electron chi connectivity index (χ3n) is 20.6. The number of aliphatic hydroxyl groups excluding tert-OH is 6. The van der Waals surface area contributed by atoms with Crippen LogP contribution in [0.25, 0.3) is 0 Å². The highest BCUT2D eigenvalue weighted by molar-refractivity contribution is 7.47. The minimum atomic E-state index is -4.74. The van der Waals surface area contributed by atoms with Gasteiger partial charge >= 0.3 is 21.7 Å². The van der Waals surface area contributed by atoms with Crippen LogP contribution in [0.3, 0.4) is 0 Å². The maximum absolute atomic E-state index is 13.2. The van der Waals surface area contributed by atoms with E-state index in [4.69, 9.17) is 27.6 Å². The monoisotopic (exact) mass is 1590 g/mol. The molecule has 108 heavy (non-hydrogen) atoms. The van der Waals surface area contributed by atoms with Crippen molar-refractivity contribution in [1.82, 2.24) is 31.9 Å². The number of nitrogens with one attached hydrogen (secondary N) is 6. The second-order valence-corrected chi connectivity index (χ2v) is 34.1. The number of amides is 2. The summed E-state index contributed by atoms with van der Waals surface area (Å²) in [5.41, 5.74) is 0. The highest BCUT2D eigenvalue weighted by Crippen LogP contribution is 2.44. The maximum atomic E-state index is 13.2. The van der Waals surface area contributed by atoms with E-state index < -0.39 is 97.3 Å². The van der Waals surface area contributed by atoms with E-state index in [0.717, 1.165) is 141 Å². The number of hydrogen-bond acceptors (Lipinski definition) is 19. The van der Waals surface area contributed by atoms with E-state index in [1.54, 1.807) is 0 Å². The van der Waals surface area contributed by atoms with Gasteiger partial charge in [0.25, 0.3) is 0 Å². The lowest BCUT2D eigenvalue weighted by Crippen LogP contribution is -2.49. The molecular formula is C83H174N6O17P2. The Hall–Kier alpha value is -0.990. The molecule has 0 radical (unpaired) electrons. The number of urea groups is 1.